The Morgan fingerprint density at radius 1 is 1.50 bits per heavy atom. The van der Waals surface area contributed by atoms with Gasteiger partial charge in [-0.2, -0.15) is 0 Å². The number of carbonyl (C=O) groups is 1. The smallest absolute Gasteiger partial charge is 0.407 e. The summed E-state index contributed by atoms with van der Waals surface area (Å²) < 4.78 is 5.70. The van der Waals surface area contributed by atoms with E-state index in [0.29, 0.717) is 0 Å². The molecule has 1 unspecified atom stereocenters. The van der Waals surface area contributed by atoms with Crippen molar-refractivity contribution in [2.24, 2.45) is 0 Å². The van der Waals surface area contributed by atoms with Gasteiger partial charge in [0.1, 0.15) is 0 Å². The Morgan fingerprint density at radius 2 is 2.22 bits per heavy atom. The molecule has 1 N–H and O–H groups in total. The minimum absolute atomic E-state index is 0.202. The van der Waals surface area contributed by atoms with Gasteiger partial charge in [-0.25, -0.2) is 4.79 Å². The van der Waals surface area contributed by atoms with Gasteiger partial charge in [-0.1, -0.05) is 28.1 Å². The summed E-state index contributed by atoms with van der Waals surface area (Å²) in [6.07, 6.45) is 0.636. The molecule has 0 saturated carbocycles. The first kappa shape index (κ1) is 13.4. The number of rotatable bonds is 3. The summed E-state index contributed by atoms with van der Waals surface area (Å²) in [6, 6.07) is 8.54. The number of likely N-dealkylation sites (tertiary alicyclic amines) is 1. The molecule has 98 valence electrons. The number of hydrogen-bond donors (Lipinski definition) is 1. The van der Waals surface area contributed by atoms with E-state index in [1.165, 1.54) is 12.7 Å². The third-order valence-electron chi connectivity index (χ3n) is 3.10. The Hall–Kier alpha value is -1.07. The molecule has 5 heteroatoms. The van der Waals surface area contributed by atoms with Crippen LogP contribution in [0.4, 0.5) is 4.79 Å². The van der Waals surface area contributed by atoms with Crippen molar-refractivity contribution in [2.75, 3.05) is 20.2 Å². The van der Waals surface area contributed by atoms with E-state index in [4.69, 9.17) is 0 Å². The fraction of sp³-hybridized carbons (Fsp3) is 0.462. The lowest BCUT2D eigenvalue weighted by Crippen LogP contribution is -2.36. The van der Waals surface area contributed by atoms with Crippen molar-refractivity contribution >= 4 is 22.0 Å². The zero-order chi connectivity index (χ0) is 13.0. The van der Waals surface area contributed by atoms with E-state index in [1.807, 2.05) is 0 Å². The van der Waals surface area contributed by atoms with E-state index < -0.39 is 0 Å². The molecule has 1 aromatic carbocycles. The molecule has 1 aliphatic heterocycles. The predicted molar refractivity (Wildman–Crippen MR) is 73.4 cm³/mol. The molecule has 1 amide bonds. The van der Waals surface area contributed by atoms with Gasteiger partial charge in [-0.05, 0) is 24.1 Å². The average Bonchev–Trinajstić information content (AvgIpc) is 2.79. The van der Waals surface area contributed by atoms with Gasteiger partial charge in [0, 0.05) is 30.1 Å². The van der Waals surface area contributed by atoms with Gasteiger partial charge in [0.15, 0.2) is 0 Å². The second-order valence-electron chi connectivity index (χ2n) is 4.48. The number of halogens is 1. The van der Waals surface area contributed by atoms with Crippen LogP contribution in [0.1, 0.15) is 12.0 Å². The monoisotopic (exact) mass is 312 g/mol. The highest BCUT2D eigenvalue weighted by Gasteiger charge is 2.23. The molecule has 1 fully saturated rings. The summed E-state index contributed by atoms with van der Waals surface area (Å²) >= 11 is 3.43. The molecule has 18 heavy (non-hydrogen) atoms. The van der Waals surface area contributed by atoms with Crippen molar-refractivity contribution < 1.29 is 9.53 Å². The third kappa shape index (κ3) is 3.71. The minimum atomic E-state index is -0.342. The van der Waals surface area contributed by atoms with Crippen LogP contribution in [0.5, 0.6) is 0 Å². The Morgan fingerprint density at radius 3 is 2.89 bits per heavy atom. The summed E-state index contributed by atoms with van der Waals surface area (Å²) in [5.74, 6) is 0. The predicted octanol–water partition coefficient (Wildman–Crippen LogP) is 2.38. The Balaban J connectivity index is 1.82. The third-order valence-corrected chi connectivity index (χ3v) is 3.63. The first-order chi connectivity index (χ1) is 8.67. The van der Waals surface area contributed by atoms with E-state index in [2.05, 4.69) is 55.1 Å². The van der Waals surface area contributed by atoms with Gasteiger partial charge in [-0.3, -0.25) is 4.90 Å². The second-order valence-corrected chi connectivity index (χ2v) is 5.40. The highest BCUT2D eigenvalue weighted by molar-refractivity contribution is 9.10. The zero-order valence-electron chi connectivity index (χ0n) is 10.4. The van der Waals surface area contributed by atoms with Crippen molar-refractivity contribution in [1.82, 2.24) is 10.2 Å². The maximum absolute atomic E-state index is 11.1. The van der Waals surface area contributed by atoms with Crippen molar-refractivity contribution in [1.29, 1.82) is 0 Å². The largest absolute Gasteiger partial charge is 0.453 e. The fourth-order valence-electron chi connectivity index (χ4n) is 2.17. The first-order valence-corrected chi connectivity index (χ1v) is 6.78. The van der Waals surface area contributed by atoms with Crippen LogP contribution in [0.2, 0.25) is 0 Å². The van der Waals surface area contributed by atoms with Crippen LogP contribution in [-0.2, 0) is 11.3 Å². The van der Waals surface area contributed by atoms with Crippen molar-refractivity contribution in [3.8, 4) is 0 Å². The van der Waals surface area contributed by atoms with Crippen LogP contribution >= 0.6 is 15.9 Å². The molecule has 0 radical (unpaired) electrons. The molecule has 1 aromatic rings. The Kier molecular flexibility index (Phi) is 4.60. The standard InChI is InChI=1S/C13H17BrN2O2/c1-18-13(17)15-12-6-7-16(9-12)8-10-2-4-11(14)5-3-10/h2-5,12H,6-9H2,1H3,(H,15,17). The lowest BCUT2D eigenvalue weighted by molar-refractivity contribution is 0.166. The van der Waals surface area contributed by atoms with Crippen LogP contribution in [0.3, 0.4) is 0 Å². The molecular formula is C13H17BrN2O2. The normalized spacial score (nSPS) is 19.8. The summed E-state index contributed by atoms with van der Waals surface area (Å²) in [4.78, 5) is 13.5. The zero-order valence-corrected chi connectivity index (χ0v) is 11.9. The van der Waals surface area contributed by atoms with E-state index in [0.717, 1.165) is 30.5 Å². The van der Waals surface area contributed by atoms with Crippen LogP contribution in [0.25, 0.3) is 0 Å². The fourth-order valence-corrected chi connectivity index (χ4v) is 2.43. The molecule has 0 aromatic heterocycles. The molecule has 0 spiro atoms. The topological polar surface area (TPSA) is 41.6 Å². The number of alkyl carbamates (subject to hydrolysis) is 1. The second kappa shape index (κ2) is 6.20. The van der Waals surface area contributed by atoms with Crippen LogP contribution in [0.15, 0.2) is 28.7 Å². The molecule has 4 nitrogen and oxygen atoms in total. The van der Waals surface area contributed by atoms with E-state index in [9.17, 15) is 4.79 Å². The number of carbonyl (C=O) groups excluding carboxylic acids is 1. The summed E-state index contributed by atoms with van der Waals surface area (Å²) in [5, 5.41) is 2.84. The molecule has 1 heterocycles. The number of hydrogen-bond acceptors (Lipinski definition) is 3. The van der Waals surface area contributed by atoms with E-state index >= 15 is 0 Å². The molecule has 1 saturated heterocycles. The maximum atomic E-state index is 11.1. The van der Waals surface area contributed by atoms with Gasteiger partial charge >= 0.3 is 6.09 Å². The van der Waals surface area contributed by atoms with Crippen LogP contribution in [-0.4, -0.2) is 37.2 Å². The molecule has 0 bridgehead atoms. The van der Waals surface area contributed by atoms with Crippen LogP contribution < -0.4 is 5.32 Å². The average molecular weight is 313 g/mol. The molecule has 1 aliphatic rings. The number of nitrogens with one attached hydrogen (secondary N) is 1. The lowest BCUT2D eigenvalue weighted by Gasteiger charge is -2.16. The highest BCUT2D eigenvalue weighted by Crippen LogP contribution is 2.16. The van der Waals surface area contributed by atoms with Crippen molar-refractivity contribution in [3.05, 3.63) is 34.3 Å². The summed E-state index contributed by atoms with van der Waals surface area (Å²) in [6.45, 7) is 2.81. The lowest BCUT2D eigenvalue weighted by atomic mass is 10.2. The molecule has 2 rings (SSSR count). The number of amides is 1. The van der Waals surface area contributed by atoms with E-state index in [1.54, 1.807) is 0 Å². The van der Waals surface area contributed by atoms with Crippen molar-refractivity contribution in [3.63, 3.8) is 0 Å². The molecule has 0 aliphatic carbocycles. The van der Waals surface area contributed by atoms with Crippen LogP contribution in [0, 0.1) is 0 Å². The Labute approximate surface area is 115 Å². The summed E-state index contributed by atoms with van der Waals surface area (Å²) in [7, 11) is 1.39. The number of methoxy groups -OCH3 is 1. The molecular weight excluding hydrogens is 296 g/mol. The van der Waals surface area contributed by atoms with Gasteiger partial charge in [0.05, 0.1) is 7.11 Å². The minimum Gasteiger partial charge on any atom is -0.453 e. The SMILES string of the molecule is COC(=O)NC1CCN(Cc2ccc(Br)cc2)C1. The van der Waals surface area contributed by atoms with Gasteiger partial charge < -0.3 is 10.1 Å². The maximum Gasteiger partial charge on any atom is 0.407 e. The summed E-state index contributed by atoms with van der Waals surface area (Å²) in [5.41, 5.74) is 1.29. The quantitative estimate of drug-likeness (QED) is 0.931. The van der Waals surface area contributed by atoms with Crippen molar-refractivity contribution in [2.45, 2.75) is 19.0 Å². The van der Waals surface area contributed by atoms with Gasteiger partial charge in [0.2, 0.25) is 0 Å². The van der Waals surface area contributed by atoms with Gasteiger partial charge in [0.25, 0.3) is 0 Å². The first-order valence-electron chi connectivity index (χ1n) is 5.98. The highest BCUT2D eigenvalue weighted by atomic mass is 79.9. The number of ether oxygens (including phenoxy) is 1. The number of benzene rings is 1. The number of nitrogens with zero attached hydrogens (tertiary/aromatic N) is 1. The Bertz CT molecular complexity index is 408. The molecule has 1 atom stereocenters. The van der Waals surface area contributed by atoms with Gasteiger partial charge in [-0.15, -0.1) is 0 Å². The van der Waals surface area contributed by atoms with E-state index in [-0.39, 0.29) is 12.1 Å².